The second-order valence-electron chi connectivity index (χ2n) is 7.00. The summed E-state index contributed by atoms with van der Waals surface area (Å²) in [6, 6.07) is 11.3. The number of anilines is 1. The lowest BCUT2D eigenvalue weighted by Crippen LogP contribution is -2.44. The van der Waals surface area contributed by atoms with Crippen LogP contribution in [0, 0.1) is 27.7 Å². The van der Waals surface area contributed by atoms with E-state index < -0.39 is 11.8 Å². The molecule has 0 aliphatic carbocycles. The minimum atomic E-state index is -0.487. The monoisotopic (exact) mass is 397 g/mol. The van der Waals surface area contributed by atoms with E-state index in [1.807, 2.05) is 64.1 Å². The van der Waals surface area contributed by atoms with E-state index in [1.165, 1.54) is 0 Å². The van der Waals surface area contributed by atoms with Gasteiger partial charge in [0.25, 0.3) is 5.91 Å². The van der Waals surface area contributed by atoms with Crippen molar-refractivity contribution in [3.63, 3.8) is 0 Å². The van der Waals surface area contributed by atoms with Crippen molar-refractivity contribution < 1.29 is 19.1 Å². The van der Waals surface area contributed by atoms with Crippen molar-refractivity contribution in [3.8, 4) is 5.75 Å². The summed E-state index contributed by atoms with van der Waals surface area (Å²) in [5, 5.41) is 2.75. The van der Waals surface area contributed by atoms with Crippen LogP contribution in [0.3, 0.4) is 0 Å². The van der Waals surface area contributed by atoms with Crippen LogP contribution in [0.25, 0.3) is 0 Å². The molecule has 154 valence electrons. The number of rotatable bonds is 7. The van der Waals surface area contributed by atoms with Crippen LogP contribution >= 0.6 is 0 Å². The number of ether oxygens (including phenoxy) is 1. The third kappa shape index (κ3) is 7.29. The Balaban J connectivity index is 1.68. The van der Waals surface area contributed by atoms with Crippen molar-refractivity contribution in [1.29, 1.82) is 0 Å². The van der Waals surface area contributed by atoms with Gasteiger partial charge >= 0.3 is 0 Å². The minimum absolute atomic E-state index is 0.00755. The van der Waals surface area contributed by atoms with Crippen LogP contribution in [0.4, 0.5) is 5.69 Å². The van der Waals surface area contributed by atoms with E-state index in [0.717, 1.165) is 22.3 Å². The lowest BCUT2D eigenvalue weighted by molar-refractivity contribution is -0.130. The second kappa shape index (κ2) is 10.3. The summed E-state index contributed by atoms with van der Waals surface area (Å²) in [5.74, 6) is -0.596. The van der Waals surface area contributed by atoms with Crippen molar-refractivity contribution in [3.05, 3.63) is 58.7 Å². The number of amides is 3. The molecule has 0 aliphatic heterocycles. The molecule has 0 saturated heterocycles. The number of aryl methyl sites for hydroxylation is 4. The topological polar surface area (TPSA) is 96.5 Å². The van der Waals surface area contributed by atoms with Gasteiger partial charge in [0.05, 0.1) is 0 Å². The van der Waals surface area contributed by atoms with Gasteiger partial charge in [-0.3, -0.25) is 25.2 Å². The number of carbonyl (C=O) groups excluding carboxylic acids is 3. The van der Waals surface area contributed by atoms with Gasteiger partial charge in [0, 0.05) is 18.5 Å². The SMILES string of the molecule is Cc1ccc(C)c(OCC(=O)NNC(=O)CCC(=O)Nc2ccc(C)c(C)c2)c1. The fraction of sp³-hybridized carbons (Fsp3) is 0.318. The van der Waals surface area contributed by atoms with Gasteiger partial charge in [0.15, 0.2) is 6.61 Å². The molecule has 29 heavy (non-hydrogen) atoms. The molecular formula is C22H27N3O4. The quantitative estimate of drug-likeness (QED) is 0.626. The summed E-state index contributed by atoms with van der Waals surface area (Å²) in [6.07, 6.45) is -0.0393. The zero-order valence-electron chi connectivity index (χ0n) is 17.2. The molecule has 0 spiro atoms. The molecule has 7 heteroatoms. The fourth-order valence-corrected chi connectivity index (χ4v) is 2.51. The molecule has 2 rings (SSSR count). The minimum Gasteiger partial charge on any atom is -0.483 e. The van der Waals surface area contributed by atoms with Crippen LogP contribution in [0.5, 0.6) is 5.75 Å². The second-order valence-corrected chi connectivity index (χ2v) is 7.00. The molecule has 0 unspecified atom stereocenters. The summed E-state index contributed by atoms with van der Waals surface area (Å²) >= 11 is 0. The molecule has 0 aromatic heterocycles. The van der Waals surface area contributed by atoms with Gasteiger partial charge in [0.2, 0.25) is 11.8 Å². The maximum Gasteiger partial charge on any atom is 0.276 e. The van der Waals surface area contributed by atoms with Crippen LogP contribution < -0.4 is 20.9 Å². The summed E-state index contributed by atoms with van der Waals surface area (Å²) in [7, 11) is 0. The lowest BCUT2D eigenvalue weighted by Gasteiger charge is -2.11. The first-order valence-corrected chi connectivity index (χ1v) is 9.39. The van der Waals surface area contributed by atoms with E-state index in [4.69, 9.17) is 4.74 Å². The first-order valence-electron chi connectivity index (χ1n) is 9.39. The molecule has 0 saturated carbocycles. The Kier molecular flexibility index (Phi) is 7.77. The zero-order chi connectivity index (χ0) is 21.4. The van der Waals surface area contributed by atoms with Crippen LogP contribution in [-0.2, 0) is 14.4 Å². The Morgan fingerprint density at radius 1 is 0.759 bits per heavy atom. The number of hydrogen-bond acceptors (Lipinski definition) is 4. The average molecular weight is 397 g/mol. The predicted molar refractivity (Wildman–Crippen MR) is 111 cm³/mol. The summed E-state index contributed by atoms with van der Waals surface area (Å²) in [4.78, 5) is 35.6. The van der Waals surface area contributed by atoms with E-state index in [-0.39, 0.29) is 25.4 Å². The maximum absolute atomic E-state index is 12.0. The van der Waals surface area contributed by atoms with E-state index >= 15 is 0 Å². The Morgan fingerprint density at radius 2 is 1.41 bits per heavy atom. The first-order chi connectivity index (χ1) is 13.7. The molecule has 0 fully saturated rings. The number of carbonyl (C=O) groups is 3. The van der Waals surface area contributed by atoms with Gasteiger partial charge < -0.3 is 10.1 Å². The van der Waals surface area contributed by atoms with Crippen molar-refractivity contribution in [2.24, 2.45) is 0 Å². The molecule has 0 aliphatic rings. The average Bonchev–Trinajstić information content (AvgIpc) is 2.68. The van der Waals surface area contributed by atoms with Gasteiger partial charge in [-0.15, -0.1) is 0 Å². The summed E-state index contributed by atoms with van der Waals surface area (Å²) in [5.41, 5.74) is 9.41. The van der Waals surface area contributed by atoms with Gasteiger partial charge in [-0.25, -0.2) is 0 Å². The molecule has 7 nitrogen and oxygen atoms in total. The Morgan fingerprint density at radius 3 is 2.14 bits per heavy atom. The Bertz CT molecular complexity index is 909. The molecular weight excluding hydrogens is 370 g/mol. The van der Waals surface area contributed by atoms with Crippen LogP contribution in [-0.4, -0.2) is 24.3 Å². The van der Waals surface area contributed by atoms with Gasteiger partial charge in [0.1, 0.15) is 5.75 Å². The molecule has 3 N–H and O–H groups in total. The summed E-state index contributed by atoms with van der Waals surface area (Å²) in [6.45, 7) is 7.55. The predicted octanol–water partition coefficient (Wildman–Crippen LogP) is 2.87. The van der Waals surface area contributed by atoms with Gasteiger partial charge in [-0.1, -0.05) is 18.2 Å². The lowest BCUT2D eigenvalue weighted by atomic mass is 10.1. The third-order valence-corrected chi connectivity index (χ3v) is 4.41. The number of hydrogen-bond donors (Lipinski definition) is 3. The maximum atomic E-state index is 12.0. The highest BCUT2D eigenvalue weighted by molar-refractivity contribution is 5.93. The molecule has 2 aromatic carbocycles. The highest BCUT2D eigenvalue weighted by Crippen LogP contribution is 2.18. The van der Waals surface area contributed by atoms with Crippen LogP contribution in [0.2, 0.25) is 0 Å². The molecule has 2 aromatic rings. The zero-order valence-corrected chi connectivity index (χ0v) is 17.2. The number of nitrogens with one attached hydrogen (secondary N) is 3. The molecule has 0 bridgehead atoms. The van der Waals surface area contributed by atoms with E-state index in [2.05, 4.69) is 16.2 Å². The number of benzene rings is 2. The Hall–Kier alpha value is -3.35. The van der Waals surface area contributed by atoms with Crippen LogP contribution in [0.1, 0.15) is 35.1 Å². The Labute approximate surface area is 170 Å². The highest BCUT2D eigenvalue weighted by Gasteiger charge is 2.10. The standard InChI is InChI=1S/C22H27N3O4/c1-14-5-6-16(3)19(11-14)29-13-22(28)25-24-21(27)10-9-20(26)23-18-8-7-15(2)17(4)12-18/h5-8,11-12H,9-10,13H2,1-4H3,(H,23,26)(H,24,27)(H,25,28). The molecule has 0 atom stereocenters. The van der Waals surface area contributed by atoms with Gasteiger partial charge in [-0.2, -0.15) is 0 Å². The molecule has 3 amide bonds. The van der Waals surface area contributed by atoms with Gasteiger partial charge in [-0.05, 0) is 68.1 Å². The molecule has 0 heterocycles. The van der Waals surface area contributed by atoms with E-state index in [1.54, 1.807) is 0 Å². The highest BCUT2D eigenvalue weighted by atomic mass is 16.5. The van der Waals surface area contributed by atoms with Crippen molar-refractivity contribution in [1.82, 2.24) is 10.9 Å². The van der Waals surface area contributed by atoms with Crippen molar-refractivity contribution >= 4 is 23.4 Å². The first kappa shape index (κ1) is 21.9. The number of hydrazine groups is 1. The van der Waals surface area contributed by atoms with Crippen LogP contribution in [0.15, 0.2) is 36.4 Å². The largest absolute Gasteiger partial charge is 0.483 e. The van der Waals surface area contributed by atoms with Crippen molar-refractivity contribution in [2.75, 3.05) is 11.9 Å². The van der Waals surface area contributed by atoms with Crippen molar-refractivity contribution in [2.45, 2.75) is 40.5 Å². The van der Waals surface area contributed by atoms with E-state index in [9.17, 15) is 14.4 Å². The smallest absolute Gasteiger partial charge is 0.276 e. The normalized spacial score (nSPS) is 10.2. The third-order valence-electron chi connectivity index (χ3n) is 4.41. The summed E-state index contributed by atoms with van der Waals surface area (Å²) < 4.78 is 5.47. The molecule has 0 radical (unpaired) electrons. The van der Waals surface area contributed by atoms with E-state index in [0.29, 0.717) is 11.4 Å². The fourth-order valence-electron chi connectivity index (χ4n) is 2.51.